The van der Waals surface area contributed by atoms with Gasteiger partial charge in [0.05, 0.1) is 11.9 Å². The number of hydrogen-bond acceptors (Lipinski definition) is 2. The summed E-state index contributed by atoms with van der Waals surface area (Å²) in [6.45, 7) is 0.658. The van der Waals surface area contributed by atoms with E-state index in [4.69, 9.17) is 0 Å². The van der Waals surface area contributed by atoms with Crippen molar-refractivity contribution in [2.75, 3.05) is 5.32 Å². The van der Waals surface area contributed by atoms with Crippen molar-refractivity contribution in [2.24, 2.45) is 0 Å². The molecule has 2 aromatic rings. The molecule has 106 valence electrons. The summed E-state index contributed by atoms with van der Waals surface area (Å²) in [5.74, 6) is -0.389. The monoisotopic (exact) mass is 283 g/mol. The fourth-order valence-electron chi connectivity index (χ4n) is 1.69. The fraction of sp³-hybridized carbons (Fsp3) is 0.231. The maximum atomic E-state index is 12.2. The average Bonchev–Trinajstić information content (AvgIpc) is 2.74. The number of nitrogens with zero attached hydrogens (tertiary/aromatic N) is 2. The van der Waals surface area contributed by atoms with Crippen molar-refractivity contribution in [3.63, 3.8) is 0 Å². The van der Waals surface area contributed by atoms with Gasteiger partial charge in [-0.1, -0.05) is 17.7 Å². The second-order valence-corrected chi connectivity index (χ2v) is 4.37. The van der Waals surface area contributed by atoms with Crippen LogP contribution >= 0.6 is 0 Å². The molecule has 0 aliphatic carbocycles. The second-order valence-electron chi connectivity index (χ2n) is 4.37. The summed E-state index contributed by atoms with van der Waals surface area (Å²) in [7, 11) is 0. The van der Waals surface area contributed by atoms with Crippen LogP contribution in [0.25, 0.3) is 0 Å². The number of rotatable bonds is 3. The highest BCUT2D eigenvalue weighted by atomic mass is 19.4. The van der Waals surface area contributed by atoms with E-state index in [-0.39, 0.29) is 11.6 Å². The van der Waals surface area contributed by atoms with E-state index >= 15 is 0 Å². The van der Waals surface area contributed by atoms with Crippen LogP contribution in [0, 0.1) is 6.92 Å². The summed E-state index contributed by atoms with van der Waals surface area (Å²) in [6.07, 6.45) is -2.02. The highest BCUT2D eigenvalue weighted by Crippen LogP contribution is 2.18. The number of halogens is 3. The Labute approximate surface area is 113 Å². The standard InChI is InChI=1S/C13H12F3N3O/c1-9-3-2-4-10(5-9)12(20)18-11-6-17-19(7-11)8-13(14,15)16/h2-7H,8H2,1H3,(H,18,20). The summed E-state index contributed by atoms with van der Waals surface area (Å²) in [5.41, 5.74) is 1.58. The van der Waals surface area contributed by atoms with Crippen molar-refractivity contribution in [3.05, 3.63) is 47.8 Å². The number of carbonyl (C=O) groups is 1. The first kappa shape index (κ1) is 14.1. The summed E-state index contributed by atoms with van der Waals surface area (Å²) in [5, 5.41) is 6.05. The zero-order chi connectivity index (χ0) is 14.8. The van der Waals surface area contributed by atoms with E-state index in [1.54, 1.807) is 18.2 Å². The van der Waals surface area contributed by atoms with Gasteiger partial charge in [-0.15, -0.1) is 0 Å². The van der Waals surface area contributed by atoms with Crippen LogP contribution in [0.5, 0.6) is 0 Å². The number of aryl methyl sites for hydroxylation is 1. The molecule has 0 unspecified atom stereocenters. The molecule has 1 N–H and O–H groups in total. The van der Waals surface area contributed by atoms with Crippen LogP contribution in [0.1, 0.15) is 15.9 Å². The molecule has 4 nitrogen and oxygen atoms in total. The molecule has 0 radical (unpaired) electrons. The van der Waals surface area contributed by atoms with Crippen molar-refractivity contribution in [1.82, 2.24) is 9.78 Å². The van der Waals surface area contributed by atoms with Crippen LogP contribution in [-0.2, 0) is 6.54 Å². The highest BCUT2D eigenvalue weighted by Gasteiger charge is 2.28. The van der Waals surface area contributed by atoms with Gasteiger partial charge >= 0.3 is 6.18 Å². The fourth-order valence-corrected chi connectivity index (χ4v) is 1.69. The van der Waals surface area contributed by atoms with Crippen LogP contribution in [0.4, 0.5) is 18.9 Å². The SMILES string of the molecule is Cc1cccc(C(=O)Nc2cnn(CC(F)(F)F)c2)c1. The van der Waals surface area contributed by atoms with Crippen LogP contribution in [0.3, 0.4) is 0 Å². The molecule has 0 saturated heterocycles. The summed E-state index contributed by atoms with van der Waals surface area (Å²) in [6, 6.07) is 6.90. The number of nitrogens with one attached hydrogen (secondary N) is 1. The summed E-state index contributed by atoms with van der Waals surface area (Å²) < 4.78 is 37.3. The predicted molar refractivity (Wildman–Crippen MR) is 67.4 cm³/mol. The Balaban J connectivity index is 2.05. The largest absolute Gasteiger partial charge is 0.408 e. The lowest BCUT2D eigenvalue weighted by Crippen LogP contribution is -2.18. The van der Waals surface area contributed by atoms with E-state index in [9.17, 15) is 18.0 Å². The first-order chi connectivity index (χ1) is 9.33. The molecule has 0 fully saturated rings. The Hall–Kier alpha value is -2.31. The van der Waals surface area contributed by atoms with Gasteiger partial charge in [0.25, 0.3) is 5.91 Å². The van der Waals surface area contributed by atoms with E-state index in [1.165, 1.54) is 6.20 Å². The molecule has 1 amide bonds. The van der Waals surface area contributed by atoms with Gasteiger partial charge < -0.3 is 5.32 Å². The lowest BCUT2D eigenvalue weighted by molar-refractivity contribution is -0.142. The molecule has 0 bridgehead atoms. The Bertz CT molecular complexity index is 619. The molecule has 7 heteroatoms. The van der Waals surface area contributed by atoms with Crippen molar-refractivity contribution < 1.29 is 18.0 Å². The molecule has 1 heterocycles. The Morgan fingerprint density at radius 1 is 1.40 bits per heavy atom. The van der Waals surface area contributed by atoms with Crippen molar-refractivity contribution >= 4 is 11.6 Å². The zero-order valence-corrected chi connectivity index (χ0v) is 10.6. The molecule has 0 aliphatic rings. The molecular weight excluding hydrogens is 271 g/mol. The van der Waals surface area contributed by atoms with Gasteiger partial charge in [0.1, 0.15) is 6.54 Å². The van der Waals surface area contributed by atoms with Gasteiger partial charge in [-0.3, -0.25) is 9.48 Å². The normalized spacial score (nSPS) is 11.4. The quantitative estimate of drug-likeness (QED) is 0.941. The number of benzene rings is 1. The van der Waals surface area contributed by atoms with Gasteiger partial charge in [0.15, 0.2) is 0 Å². The minimum Gasteiger partial charge on any atom is -0.319 e. The molecule has 0 spiro atoms. The maximum absolute atomic E-state index is 12.2. The van der Waals surface area contributed by atoms with E-state index in [2.05, 4.69) is 10.4 Å². The number of anilines is 1. The molecule has 0 saturated carbocycles. The first-order valence-corrected chi connectivity index (χ1v) is 5.81. The van der Waals surface area contributed by atoms with E-state index in [0.29, 0.717) is 5.56 Å². The smallest absolute Gasteiger partial charge is 0.319 e. The topological polar surface area (TPSA) is 46.9 Å². The van der Waals surface area contributed by atoms with E-state index < -0.39 is 12.7 Å². The first-order valence-electron chi connectivity index (χ1n) is 5.81. The number of carbonyl (C=O) groups excluding carboxylic acids is 1. The van der Waals surface area contributed by atoms with Gasteiger partial charge in [0, 0.05) is 11.8 Å². The van der Waals surface area contributed by atoms with E-state index in [0.717, 1.165) is 16.4 Å². The summed E-state index contributed by atoms with van der Waals surface area (Å²) >= 11 is 0. The third-order valence-corrected chi connectivity index (χ3v) is 2.51. The molecule has 2 rings (SSSR count). The maximum Gasteiger partial charge on any atom is 0.408 e. The van der Waals surface area contributed by atoms with Crippen molar-refractivity contribution in [1.29, 1.82) is 0 Å². The Morgan fingerprint density at radius 3 is 2.80 bits per heavy atom. The average molecular weight is 283 g/mol. The van der Waals surface area contributed by atoms with Gasteiger partial charge in [-0.25, -0.2) is 0 Å². The van der Waals surface area contributed by atoms with Gasteiger partial charge in [-0.05, 0) is 19.1 Å². The lowest BCUT2D eigenvalue weighted by Gasteiger charge is -2.05. The van der Waals surface area contributed by atoms with Crippen LogP contribution in [-0.4, -0.2) is 21.9 Å². The van der Waals surface area contributed by atoms with Crippen LogP contribution in [0.2, 0.25) is 0 Å². The molecule has 1 aromatic heterocycles. The Kier molecular flexibility index (Phi) is 3.78. The third kappa shape index (κ3) is 3.84. The molecule has 0 aliphatic heterocycles. The van der Waals surface area contributed by atoms with Gasteiger partial charge in [0.2, 0.25) is 0 Å². The number of amides is 1. The van der Waals surface area contributed by atoms with Crippen molar-refractivity contribution in [2.45, 2.75) is 19.6 Å². The molecule has 0 atom stereocenters. The van der Waals surface area contributed by atoms with Gasteiger partial charge in [-0.2, -0.15) is 18.3 Å². The second kappa shape index (κ2) is 5.36. The zero-order valence-electron chi connectivity index (χ0n) is 10.6. The van der Waals surface area contributed by atoms with Crippen molar-refractivity contribution in [3.8, 4) is 0 Å². The number of alkyl halides is 3. The minimum absolute atomic E-state index is 0.223. The van der Waals surface area contributed by atoms with Crippen LogP contribution in [0.15, 0.2) is 36.7 Å². The Morgan fingerprint density at radius 2 is 2.15 bits per heavy atom. The lowest BCUT2D eigenvalue weighted by atomic mass is 10.1. The van der Waals surface area contributed by atoms with Crippen LogP contribution < -0.4 is 5.32 Å². The molecular formula is C13H12F3N3O. The molecule has 20 heavy (non-hydrogen) atoms. The number of hydrogen-bond donors (Lipinski definition) is 1. The predicted octanol–water partition coefficient (Wildman–Crippen LogP) is 3.01. The highest BCUT2D eigenvalue weighted by molar-refractivity contribution is 6.04. The molecule has 1 aromatic carbocycles. The minimum atomic E-state index is -4.34. The van der Waals surface area contributed by atoms with E-state index in [1.807, 2.05) is 13.0 Å². The number of aromatic nitrogens is 2. The summed E-state index contributed by atoms with van der Waals surface area (Å²) in [4.78, 5) is 11.9. The third-order valence-electron chi connectivity index (χ3n) is 2.51.